The third-order valence-electron chi connectivity index (χ3n) is 3.33. The maximum atomic E-state index is 12.2. The summed E-state index contributed by atoms with van der Waals surface area (Å²) >= 11 is 0. The van der Waals surface area contributed by atoms with Crippen molar-refractivity contribution in [3.05, 3.63) is 27.9 Å². The van der Waals surface area contributed by atoms with Crippen molar-refractivity contribution in [3.8, 4) is 0 Å². The lowest BCUT2D eigenvalue weighted by Crippen LogP contribution is -2.43. The summed E-state index contributed by atoms with van der Waals surface area (Å²) in [7, 11) is 1.53. The zero-order valence-corrected chi connectivity index (χ0v) is 11.4. The summed E-state index contributed by atoms with van der Waals surface area (Å²) < 4.78 is 1.32. The standard InChI is InChI=1S/C11H16N4O3.ClH/c1-13-9(2-3-10(13)15(17)18)11(16)14-6-4-8(12)5-7-14;/h2-3,8H,4-7,12H2,1H3;1H. The van der Waals surface area contributed by atoms with Crippen molar-refractivity contribution < 1.29 is 9.72 Å². The number of nitrogens with two attached hydrogens (primary N) is 1. The highest BCUT2D eigenvalue weighted by Gasteiger charge is 2.27. The fourth-order valence-corrected chi connectivity index (χ4v) is 2.16. The highest BCUT2D eigenvalue weighted by Crippen LogP contribution is 2.18. The molecule has 7 nitrogen and oxygen atoms in total. The van der Waals surface area contributed by atoms with Gasteiger partial charge in [-0.1, -0.05) is 0 Å². The topological polar surface area (TPSA) is 94.4 Å². The number of amides is 1. The Labute approximate surface area is 116 Å². The van der Waals surface area contributed by atoms with E-state index >= 15 is 0 Å². The smallest absolute Gasteiger partial charge is 0.323 e. The van der Waals surface area contributed by atoms with Gasteiger partial charge in [-0.2, -0.15) is 0 Å². The van der Waals surface area contributed by atoms with E-state index in [0.29, 0.717) is 18.8 Å². The Bertz CT molecular complexity index is 480. The van der Waals surface area contributed by atoms with Gasteiger partial charge in [-0.15, -0.1) is 12.4 Å². The molecular formula is C11H17ClN4O3. The van der Waals surface area contributed by atoms with E-state index in [2.05, 4.69) is 0 Å². The van der Waals surface area contributed by atoms with E-state index in [1.165, 1.54) is 23.7 Å². The fourth-order valence-electron chi connectivity index (χ4n) is 2.16. The SMILES string of the molecule is Cl.Cn1c(C(=O)N2CCC(N)CC2)ccc1[N+](=O)[O-]. The number of hydrogen-bond donors (Lipinski definition) is 1. The monoisotopic (exact) mass is 288 g/mol. The molecule has 8 heteroatoms. The third kappa shape index (κ3) is 3.05. The molecule has 19 heavy (non-hydrogen) atoms. The summed E-state index contributed by atoms with van der Waals surface area (Å²) in [6, 6.07) is 2.99. The first-order chi connectivity index (χ1) is 8.50. The number of nitrogens with zero attached hydrogens (tertiary/aromatic N) is 3. The Balaban J connectivity index is 0.00000180. The van der Waals surface area contributed by atoms with Gasteiger partial charge in [0.15, 0.2) is 5.69 Å². The van der Waals surface area contributed by atoms with Gasteiger partial charge in [0.2, 0.25) is 0 Å². The fraction of sp³-hybridized carbons (Fsp3) is 0.545. The van der Waals surface area contributed by atoms with Gasteiger partial charge in [0.1, 0.15) is 0 Å². The molecule has 0 bridgehead atoms. The van der Waals surface area contributed by atoms with Gasteiger partial charge < -0.3 is 20.7 Å². The maximum absolute atomic E-state index is 12.2. The third-order valence-corrected chi connectivity index (χ3v) is 3.33. The Morgan fingerprint density at radius 1 is 1.42 bits per heavy atom. The van der Waals surface area contributed by atoms with E-state index in [-0.39, 0.29) is 30.2 Å². The Morgan fingerprint density at radius 3 is 2.47 bits per heavy atom. The van der Waals surface area contributed by atoms with E-state index < -0.39 is 4.92 Å². The molecule has 2 N–H and O–H groups in total. The predicted molar refractivity (Wildman–Crippen MR) is 72.4 cm³/mol. The molecule has 1 aromatic rings. The molecule has 1 aliphatic rings. The van der Waals surface area contributed by atoms with Crippen LogP contribution < -0.4 is 5.73 Å². The predicted octanol–water partition coefficient (Wildman–Crippen LogP) is 0.918. The van der Waals surface area contributed by atoms with Crippen LogP contribution in [0.1, 0.15) is 23.3 Å². The largest absolute Gasteiger partial charge is 0.358 e. The molecule has 0 aliphatic carbocycles. The van der Waals surface area contributed by atoms with Gasteiger partial charge in [0.05, 0.1) is 7.05 Å². The molecular weight excluding hydrogens is 272 g/mol. The van der Waals surface area contributed by atoms with Crippen LogP contribution in [0.15, 0.2) is 12.1 Å². The van der Waals surface area contributed by atoms with Crippen LogP contribution in [0.2, 0.25) is 0 Å². The van der Waals surface area contributed by atoms with Crippen molar-refractivity contribution >= 4 is 24.1 Å². The van der Waals surface area contributed by atoms with Crippen LogP contribution in [0, 0.1) is 10.1 Å². The molecule has 1 aliphatic heterocycles. The minimum absolute atomic E-state index is 0. The van der Waals surface area contributed by atoms with Crippen molar-refractivity contribution in [2.24, 2.45) is 12.8 Å². The van der Waals surface area contributed by atoms with E-state index in [4.69, 9.17) is 5.73 Å². The van der Waals surface area contributed by atoms with Crippen LogP contribution in [0.4, 0.5) is 5.82 Å². The first kappa shape index (κ1) is 15.5. The molecule has 1 saturated heterocycles. The summed E-state index contributed by atoms with van der Waals surface area (Å²) in [5.41, 5.74) is 6.12. The van der Waals surface area contributed by atoms with Crippen molar-refractivity contribution in [2.45, 2.75) is 18.9 Å². The molecule has 0 atom stereocenters. The highest BCUT2D eigenvalue weighted by molar-refractivity contribution is 5.93. The molecule has 0 aromatic carbocycles. The number of carbonyl (C=O) groups excluding carboxylic acids is 1. The number of hydrogen-bond acceptors (Lipinski definition) is 4. The van der Waals surface area contributed by atoms with Gasteiger partial charge >= 0.3 is 5.82 Å². The first-order valence-corrected chi connectivity index (χ1v) is 5.85. The number of halogens is 1. The van der Waals surface area contributed by atoms with Gasteiger partial charge in [0.25, 0.3) is 5.91 Å². The maximum Gasteiger partial charge on any atom is 0.323 e. The second kappa shape index (κ2) is 6.03. The van der Waals surface area contributed by atoms with Crippen molar-refractivity contribution in [1.82, 2.24) is 9.47 Å². The van der Waals surface area contributed by atoms with Crippen LogP contribution in [0.25, 0.3) is 0 Å². The van der Waals surface area contributed by atoms with Gasteiger partial charge in [0, 0.05) is 25.2 Å². The average Bonchev–Trinajstić information content (AvgIpc) is 2.71. The minimum atomic E-state index is -0.497. The zero-order chi connectivity index (χ0) is 13.3. The van der Waals surface area contributed by atoms with E-state index in [9.17, 15) is 14.9 Å². The summed E-state index contributed by atoms with van der Waals surface area (Å²) in [5.74, 6) is -0.246. The van der Waals surface area contributed by atoms with E-state index in [0.717, 1.165) is 12.8 Å². The van der Waals surface area contributed by atoms with Crippen molar-refractivity contribution in [3.63, 3.8) is 0 Å². The Kier molecular flexibility index (Phi) is 4.90. The highest BCUT2D eigenvalue weighted by atomic mass is 35.5. The lowest BCUT2D eigenvalue weighted by atomic mass is 10.1. The van der Waals surface area contributed by atoms with E-state index in [1.54, 1.807) is 4.90 Å². The number of nitro groups is 1. The molecule has 0 radical (unpaired) electrons. The molecule has 2 heterocycles. The quantitative estimate of drug-likeness (QED) is 0.646. The van der Waals surface area contributed by atoms with Crippen LogP contribution in [0.5, 0.6) is 0 Å². The van der Waals surface area contributed by atoms with Crippen LogP contribution in [-0.2, 0) is 7.05 Å². The number of carbonyl (C=O) groups is 1. The molecule has 106 valence electrons. The van der Waals surface area contributed by atoms with Crippen molar-refractivity contribution in [1.29, 1.82) is 0 Å². The zero-order valence-electron chi connectivity index (χ0n) is 10.6. The molecule has 1 fully saturated rings. The summed E-state index contributed by atoms with van der Waals surface area (Å²) in [6.45, 7) is 1.22. The number of aromatic nitrogens is 1. The summed E-state index contributed by atoms with van der Waals surface area (Å²) in [5, 5.41) is 10.7. The average molecular weight is 289 g/mol. The van der Waals surface area contributed by atoms with Crippen LogP contribution in [0.3, 0.4) is 0 Å². The number of piperidine rings is 1. The lowest BCUT2D eigenvalue weighted by Gasteiger charge is -2.29. The first-order valence-electron chi connectivity index (χ1n) is 5.85. The molecule has 1 amide bonds. The van der Waals surface area contributed by atoms with Crippen molar-refractivity contribution in [2.75, 3.05) is 13.1 Å². The Morgan fingerprint density at radius 2 is 2.00 bits per heavy atom. The molecule has 2 rings (SSSR count). The second-order valence-electron chi connectivity index (χ2n) is 4.52. The summed E-state index contributed by atoms with van der Waals surface area (Å²) in [6.07, 6.45) is 1.55. The molecule has 0 unspecified atom stereocenters. The summed E-state index contributed by atoms with van der Waals surface area (Å²) in [4.78, 5) is 24.1. The van der Waals surface area contributed by atoms with Crippen LogP contribution >= 0.6 is 12.4 Å². The molecule has 0 spiro atoms. The second-order valence-corrected chi connectivity index (χ2v) is 4.52. The number of likely N-dealkylation sites (tertiary alicyclic amines) is 1. The van der Waals surface area contributed by atoms with Crippen LogP contribution in [-0.4, -0.2) is 39.4 Å². The van der Waals surface area contributed by atoms with Gasteiger partial charge in [-0.25, -0.2) is 4.57 Å². The molecule has 0 saturated carbocycles. The lowest BCUT2D eigenvalue weighted by molar-refractivity contribution is -0.391. The minimum Gasteiger partial charge on any atom is -0.358 e. The van der Waals surface area contributed by atoms with E-state index in [1.807, 2.05) is 0 Å². The normalized spacial score (nSPS) is 16.0. The molecule has 1 aromatic heterocycles. The van der Waals surface area contributed by atoms with Gasteiger partial charge in [-0.05, 0) is 23.8 Å². The Hall–Kier alpha value is -1.60. The number of rotatable bonds is 2. The van der Waals surface area contributed by atoms with Gasteiger partial charge in [-0.3, -0.25) is 4.79 Å².